The number of esters is 1. The summed E-state index contributed by atoms with van der Waals surface area (Å²) in [4.78, 5) is 12.5. The number of unbranched alkanes of at least 4 members (excludes halogenated alkanes) is 7. The zero-order chi connectivity index (χ0) is 24.7. The Labute approximate surface area is 211 Å². The van der Waals surface area contributed by atoms with E-state index in [-0.39, 0.29) is 5.97 Å². The number of hydrogen-bond donors (Lipinski definition) is 0. The van der Waals surface area contributed by atoms with E-state index in [0.29, 0.717) is 11.3 Å². The van der Waals surface area contributed by atoms with Crippen molar-refractivity contribution in [1.29, 1.82) is 0 Å². The van der Waals surface area contributed by atoms with E-state index < -0.39 is 0 Å². The molecule has 0 atom stereocenters. The lowest BCUT2D eigenvalue weighted by Crippen LogP contribution is -2.08. The molecule has 3 aromatic rings. The number of hydrogen-bond acceptors (Lipinski definition) is 3. The Morgan fingerprint density at radius 3 is 1.77 bits per heavy atom. The smallest absolute Gasteiger partial charge is 0.343 e. The van der Waals surface area contributed by atoms with Crippen molar-refractivity contribution in [2.75, 3.05) is 6.61 Å². The van der Waals surface area contributed by atoms with Crippen LogP contribution in [0.4, 0.5) is 0 Å². The lowest BCUT2D eigenvalue weighted by atomic mass is 10.1. The van der Waals surface area contributed by atoms with Gasteiger partial charge >= 0.3 is 5.97 Å². The number of aryl methyl sites for hydroxylation is 1. The molecule has 0 amide bonds. The van der Waals surface area contributed by atoms with Crippen LogP contribution in [0.25, 0.3) is 11.1 Å². The van der Waals surface area contributed by atoms with Gasteiger partial charge in [0.1, 0.15) is 11.5 Å². The molecule has 0 fully saturated rings. The minimum atomic E-state index is -0.329. The van der Waals surface area contributed by atoms with Crippen molar-refractivity contribution >= 4 is 5.97 Å². The second-order valence-corrected chi connectivity index (χ2v) is 9.21. The fourth-order valence-corrected chi connectivity index (χ4v) is 4.08. The van der Waals surface area contributed by atoms with Gasteiger partial charge in [0.25, 0.3) is 0 Å². The molecule has 0 aliphatic rings. The Bertz CT molecular complexity index is 988. The Kier molecular flexibility index (Phi) is 11.4. The second-order valence-electron chi connectivity index (χ2n) is 9.21. The van der Waals surface area contributed by atoms with Gasteiger partial charge in [-0.2, -0.15) is 0 Å². The molecule has 186 valence electrons. The Morgan fingerprint density at radius 2 is 1.14 bits per heavy atom. The number of benzene rings is 3. The standard InChI is InChI=1S/C32H40O3/c1-3-5-7-8-9-11-25-34-30-21-17-27(18-22-30)28-19-23-31(24-20-28)35-32(33)29-15-13-26(14-16-29)12-10-6-4-2/h13-24H,3-12,25H2,1-2H3. The molecule has 3 aromatic carbocycles. The van der Waals surface area contributed by atoms with E-state index in [9.17, 15) is 4.79 Å². The first-order chi connectivity index (χ1) is 17.2. The predicted octanol–water partition coefficient (Wildman–Crippen LogP) is 9.04. The molecule has 3 nitrogen and oxygen atoms in total. The minimum absolute atomic E-state index is 0.329. The second kappa shape index (κ2) is 15.0. The number of rotatable bonds is 15. The average Bonchev–Trinajstić information content (AvgIpc) is 2.89. The predicted molar refractivity (Wildman–Crippen MR) is 145 cm³/mol. The van der Waals surface area contributed by atoms with E-state index in [4.69, 9.17) is 9.47 Å². The topological polar surface area (TPSA) is 35.5 Å². The van der Waals surface area contributed by atoms with E-state index in [1.807, 2.05) is 60.7 Å². The van der Waals surface area contributed by atoms with Gasteiger partial charge < -0.3 is 9.47 Å². The van der Waals surface area contributed by atoms with Gasteiger partial charge in [0.15, 0.2) is 0 Å². The number of carbonyl (C=O) groups is 1. The van der Waals surface area contributed by atoms with Crippen molar-refractivity contribution in [3.8, 4) is 22.6 Å². The van der Waals surface area contributed by atoms with Crippen LogP contribution in [0.2, 0.25) is 0 Å². The molecule has 0 saturated heterocycles. The van der Waals surface area contributed by atoms with Crippen molar-refractivity contribution in [2.45, 2.75) is 78.1 Å². The van der Waals surface area contributed by atoms with Crippen LogP contribution in [-0.4, -0.2) is 12.6 Å². The summed E-state index contributed by atoms with van der Waals surface area (Å²) in [6.45, 7) is 5.22. The molecular weight excluding hydrogens is 432 g/mol. The van der Waals surface area contributed by atoms with E-state index >= 15 is 0 Å². The molecule has 0 radical (unpaired) electrons. The van der Waals surface area contributed by atoms with Gasteiger partial charge in [-0.1, -0.05) is 95.2 Å². The fourth-order valence-electron chi connectivity index (χ4n) is 4.08. The van der Waals surface area contributed by atoms with Crippen molar-refractivity contribution in [3.05, 3.63) is 83.9 Å². The van der Waals surface area contributed by atoms with E-state index in [1.54, 1.807) is 0 Å². The SMILES string of the molecule is CCCCCCCCOc1ccc(-c2ccc(OC(=O)c3ccc(CCCCC)cc3)cc2)cc1. The Morgan fingerprint density at radius 1 is 0.600 bits per heavy atom. The maximum atomic E-state index is 12.5. The van der Waals surface area contributed by atoms with Gasteiger partial charge in [-0.05, 0) is 72.4 Å². The van der Waals surface area contributed by atoms with Gasteiger partial charge in [0.05, 0.1) is 12.2 Å². The van der Waals surface area contributed by atoms with E-state index in [0.717, 1.165) is 36.3 Å². The molecule has 0 heterocycles. The molecular formula is C32H40O3. The van der Waals surface area contributed by atoms with Crippen LogP contribution in [0.1, 0.15) is 87.6 Å². The summed E-state index contributed by atoms with van der Waals surface area (Å²) >= 11 is 0. The normalized spacial score (nSPS) is 10.8. The van der Waals surface area contributed by atoms with Crippen LogP contribution in [-0.2, 0) is 6.42 Å². The first kappa shape index (κ1) is 26.5. The van der Waals surface area contributed by atoms with E-state index in [2.05, 4.69) is 26.0 Å². The van der Waals surface area contributed by atoms with Crippen LogP contribution >= 0.6 is 0 Å². The summed E-state index contributed by atoms with van der Waals surface area (Å²) < 4.78 is 11.5. The number of ether oxygens (including phenoxy) is 2. The monoisotopic (exact) mass is 472 g/mol. The quantitative estimate of drug-likeness (QED) is 0.126. The highest BCUT2D eigenvalue weighted by atomic mass is 16.5. The fraction of sp³-hybridized carbons (Fsp3) is 0.406. The Balaban J connectivity index is 1.45. The maximum Gasteiger partial charge on any atom is 0.343 e. The lowest BCUT2D eigenvalue weighted by molar-refractivity contribution is 0.0735. The zero-order valence-electron chi connectivity index (χ0n) is 21.4. The highest BCUT2D eigenvalue weighted by Gasteiger charge is 2.09. The van der Waals surface area contributed by atoms with Gasteiger partial charge in [-0.25, -0.2) is 4.79 Å². The van der Waals surface area contributed by atoms with Crippen molar-refractivity contribution in [3.63, 3.8) is 0 Å². The summed E-state index contributed by atoms with van der Waals surface area (Å²) in [7, 11) is 0. The van der Waals surface area contributed by atoms with Gasteiger partial charge in [-0.3, -0.25) is 0 Å². The minimum Gasteiger partial charge on any atom is -0.494 e. The molecule has 0 aliphatic carbocycles. The molecule has 0 unspecified atom stereocenters. The molecule has 0 aliphatic heterocycles. The zero-order valence-corrected chi connectivity index (χ0v) is 21.4. The molecule has 0 N–H and O–H groups in total. The van der Waals surface area contributed by atoms with Crippen LogP contribution in [0, 0.1) is 0 Å². The molecule has 0 spiro atoms. The summed E-state index contributed by atoms with van der Waals surface area (Å²) in [5, 5.41) is 0. The van der Waals surface area contributed by atoms with Crippen molar-refractivity contribution in [1.82, 2.24) is 0 Å². The molecule has 3 rings (SSSR count). The van der Waals surface area contributed by atoms with Gasteiger partial charge in [0, 0.05) is 0 Å². The molecule has 3 heteroatoms. The van der Waals surface area contributed by atoms with Crippen LogP contribution in [0.15, 0.2) is 72.8 Å². The van der Waals surface area contributed by atoms with Gasteiger partial charge in [-0.15, -0.1) is 0 Å². The molecule has 0 bridgehead atoms. The van der Waals surface area contributed by atoms with Crippen molar-refractivity contribution < 1.29 is 14.3 Å². The summed E-state index contributed by atoms with van der Waals surface area (Å²) in [6, 6.07) is 23.6. The third-order valence-corrected chi connectivity index (χ3v) is 6.28. The third kappa shape index (κ3) is 9.24. The first-order valence-corrected chi connectivity index (χ1v) is 13.3. The highest BCUT2D eigenvalue weighted by molar-refractivity contribution is 5.91. The lowest BCUT2D eigenvalue weighted by Gasteiger charge is -2.09. The Hall–Kier alpha value is -3.07. The van der Waals surface area contributed by atoms with Gasteiger partial charge in [0.2, 0.25) is 0 Å². The largest absolute Gasteiger partial charge is 0.494 e. The molecule has 0 aromatic heterocycles. The summed E-state index contributed by atoms with van der Waals surface area (Å²) in [5.41, 5.74) is 4.01. The molecule has 35 heavy (non-hydrogen) atoms. The average molecular weight is 473 g/mol. The first-order valence-electron chi connectivity index (χ1n) is 13.3. The van der Waals surface area contributed by atoms with Crippen LogP contribution in [0.5, 0.6) is 11.5 Å². The maximum absolute atomic E-state index is 12.5. The summed E-state index contributed by atoms with van der Waals surface area (Å²) in [6.07, 6.45) is 12.3. The highest BCUT2D eigenvalue weighted by Crippen LogP contribution is 2.25. The van der Waals surface area contributed by atoms with Crippen LogP contribution < -0.4 is 9.47 Å². The third-order valence-electron chi connectivity index (χ3n) is 6.28. The number of carbonyl (C=O) groups excluding carboxylic acids is 1. The summed E-state index contributed by atoms with van der Waals surface area (Å²) in [5.74, 6) is 1.12. The van der Waals surface area contributed by atoms with E-state index in [1.165, 1.54) is 56.9 Å². The van der Waals surface area contributed by atoms with Crippen molar-refractivity contribution in [2.24, 2.45) is 0 Å². The van der Waals surface area contributed by atoms with Crippen LogP contribution in [0.3, 0.4) is 0 Å². The molecule has 0 saturated carbocycles.